The molecule has 0 spiro atoms. The molecule has 0 aromatic carbocycles. The van der Waals surface area contributed by atoms with E-state index < -0.39 is 0 Å². The highest BCUT2D eigenvalue weighted by atomic mass is 16.5. The fraction of sp³-hybridized carbons (Fsp3) is 0.842. The largest absolute Gasteiger partial charge is 0.469 e. The second kappa shape index (κ2) is 8.60. The summed E-state index contributed by atoms with van der Waals surface area (Å²) in [6.45, 7) is 2.30. The molecule has 120 valence electrons. The lowest BCUT2D eigenvalue weighted by Crippen LogP contribution is -2.22. The summed E-state index contributed by atoms with van der Waals surface area (Å²) < 4.78 is 4.85. The van der Waals surface area contributed by atoms with Gasteiger partial charge in [-0.25, -0.2) is 0 Å². The van der Waals surface area contributed by atoms with Gasteiger partial charge in [0.15, 0.2) is 0 Å². The van der Waals surface area contributed by atoms with Crippen LogP contribution in [0.25, 0.3) is 0 Å². The van der Waals surface area contributed by atoms with Crippen molar-refractivity contribution in [3.05, 3.63) is 12.2 Å². The topological polar surface area (TPSA) is 26.3 Å². The van der Waals surface area contributed by atoms with Crippen LogP contribution in [-0.4, -0.2) is 13.1 Å². The molecule has 2 rings (SSSR count). The summed E-state index contributed by atoms with van der Waals surface area (Å²) in [7, 11) is 1.50. The third-order valence-electron chi connectivity index (χ3n) is 5.55. The lowest BCUT2D eigenvalue weighted by molar-refractivity contribution is -0.146. The predicted molar refractivity (Wildman–Crippen MR) is 87.0 cm³/mol. The third-order valence-corrected chi connectivity index (χ3v) is 5.55. The molecule has 0 saturated heterocycles. The quantitative estimate of drug-likeness (QED) is 0.519. The Morgan fingerprint density at radius 2 is 1.48 bits per heavy atom. The van der Waals surface area contributed by atoms with E-state index in [9.17, 15) is 4.79 Å². The zero-order valence-corrected chi connectivity index (χ0v) is 13.9. The van der Waals surface area contributed by atoms with Gasteiger partial charge in [0.25, 0.3) is 0 Å². The van der Waals surface area contributed by atoms with Crippen LogP contribution in [0.5, 0.6) is 0 Å². The number of methoxy groups -OCH3 is 1. The summed E-state index contributed by atoms with van der Waals surface area (Å²) in [5.41, 5.74) is 0. The van der Waals surface area contributed by atoms with Crippen LogP contribution in [-0.2, 0) is 9.53 Å². The molecule has 0 atom stereocenters. The molecule has 0 aliphatic heterocycles. The standard InChI is InChI=1S/C19H32O2/c1-3-4-15-5-7-16(8-6-15)9-10-17-11-13-18(14-12-17)19(20)21-2/h9-10,15-18H,3-8,11-14H2,1-2H3. The number of carbonyl (C=O) groups excluding carboxylic acids is 1. The summed E-state index contributed by atoms with van der Waals surface area (Å²) in [6, 6.07) is 0. The number of allylic oxidation sites excluding steroid dienone is 2. The van der Waals surface area contributed by atoms with E-state index in [2.05, 4.69) is 19.1 Å². The molecule has 2 fully saturated rings. The van der Waals surface area contributed by atoms with Crippen LogP contribution < -0.4 is 0 Å². The molecule has 2 aliphatic rings. The first-order valence-electron chi connectivity index (χ1n) is 8.99. The molecule has 2 nitrogen and oxygen atoms in total. The zero-order valence-electron chi connectivity index (χ0n) is 13.9. The molecule has 0 aromatic heterocycles. The first kappa shape index (κ1) is 16.6. The van der Waals surface area contributed by atoms with Crippen molar-refractivity contribution in [1.29, 1.82) is 0 Å². The first-order valence-corrected chi connectivity index (χ1v) is 8.99. The predicted octanol–water partition coefficient (Wildman–Crippen LogP) is 5.13. The summed E-state index contributed by atoms with van der Waals surface area (Å²) >= 11 is 0. The Balaban J connectivity index is 1.68. The Morgan fingerprint density at radius 1 is 0.952 bits per heavy atom. The number of ether oxygens (including phenoxy) is 1. The van der Waals surface area contributed by atoms with E-state index in [1.807, 2.05) is 0 Å². The summed E-state index contributed by atoms with van der Waals surface area (Å²) in [4.78, 5) is 11.5. The van der Waals surface area contributed by atoms with Crippen molar-refractivity contribution in [2.45, 2.75) is 71.1 Å². The van der Waals surface area contributed by atoms with Gasteiger partial charge in [-0.1, -0.05) is 31.9 Å². The van der Waals surface area contributed by atoms with Crippen molar-refractivity contribution in [3.63, 3.8) is 0 Å². The minimum atomic E-state index is -0.00771. The maximum Gasteiger partial charge on any atom is 0.308 e. The van der Waals surface area contributed by atoms with Gasteiger partial charge in [0.05, 0.1) is 13.0 Å². The van der Waals surface area contributed by atoms with E-state index >= 15 is 0 Å². The van der Waals surface area contributed by atoms with Crippen molar-refractivity contribution in [2.24, 2.45) is 23.7 Å². The van der Waals surface area contributed by atoms with Crippen molar-refractivity contribution in [2.75, 3.05) is 7.11 Å². The molecule has 2 aliphatic carbocycles. The fourth-order valence-electron chi connectivity index (χ4n) is 4.11. The molecule has 0 N–H and O–H groups in total. The smallest absolute Gasteiger partial charge is 0.308 e. The molecule has 0 radical (unpaired) electrons. The number of hydrogen-bond donors (Lipinski definition) is 0. The van der Waals surface area contributed by atoms with Gasteiger partial charge in [-0.3, -0.25) is 4.79 Å². The minimum Gasteiger partial charge on any atom is -0.469 e. The lowest BCUT2D eigenvalue weighted by Gasteiger charge is -2.28. The van der Waals surface area contributed by atoms with Gasteiger partial charge in [-0.05, 0) is 69.1 Å². The Bertz CT molecular complexity index is 331. The van der Waals surface area contributed by atoms with Crippen molar-refractivity contribution < 1.29 is 9.53 Å². The highest BCUT2D eigenvalue weighted by molar-refractivity contribution is 5.72. The van der Waals surface area contributed by atoms with Gasteiger partial charge < -0.3 is 4.74 Å². The first-order chi connectivity index (χ1) is 10.2. The van der Waals surface area contributed by atoms with Crippen LogP contribution in [0.4, 0.5) is 0 Å². The molecular formula is C19H32O2. The third kappa shape index (κ3) is 5.16. The van der Waals surface area contributed by atoms with E-state index in [0.29, 0.717) is 5.92 Å². The second-order valence-electron chi connectivity index (χ2n) is 7.09. The average molecular weight is 292 g/mol. The highest BCUT2D eigenvalue weighted by Gasteiger charge is 2.26. The molecule has 0 bridgehead atoms. The number of rotatable bonds is 5. The van der Waals surface area contributed by atoms with E-state index in [1.165, 1.54) is 45.6 Å². The fourth-order valence-corrected chi connectivity index (χ4v) is 4.11. The van der Waals surface area contributed by atoms with E-state index in [1.54, 1.807) is 0 Å². The Hall–Kier alpha value is -0.790. The average Bonchev–Trinajstić information content (AvgIpc) is 2.54. The van der Waals surface area contributed by atoms with E-state index in [4.69, 9.17) is 4.74 Å². The van der Waals surface area contributed by atoms with Crippen LogP contribution in [0.1, 0.15) is 71.1 Å². The summed E-state index contributed by atoms with van der Waals surface area (Å²) in [6.07, 6.45) is 17.7. The SMILES string of the molecule is CCCC1CCC(C=CC2CCC(C(=O)OC)CC2)CC1. The van der Waals surface area contributed by atoms with Crippen molar-refractivity contribution in [1.82, 2.24) is 0 Å². The van der Waals surface area contributed by atoms with Gasteiger partial charge >= 0.3 is 5.97 Å². The molecular weight excluding hydrogens is 260 g/mol. The minimum absolute atomic E-state index is 0.00771. The van der Waals surface area contributed by atoms with Crippen LogP contribution in [0.3, 0.4) is 0 Å². The number of esters is 1. The normalized spacial score (nSPS) is 34.0. The Morgan fingerprint density at radius 3 is 1.95 bits per heavy atom. The molecule has 21 heavy (non-hydrogen) atoms. The van der Waals surface area contributed by atoms with E-state index in [-0.39, 0.29) is 11.9 Å². The summed E-state index contributed by atoms with van der Waals surface area (Å²) in [5, 5.41) is 0. The maximum absolute atomic E-state index is 11.5. The Kier molecular flexibility index (Phi) is 6.79. The summed E-state index contributed by atoms with van der Waals surface area (Å²) in [5.74, 6) is 2.65. The lowest BCUT2D eigenvalue weighted by atomic mass is 9.78. The van der Waals surface area contributed by atoms with Gasteiger partial charge in [0.2, 0.25) is 0 Å². The van der Waals surface area contributed by atoms with Crippen molar-refractivity contribution in [3.8, 4) is 0 Å². The van der Waals surface area contributed by atoms with Crippen LogP contribution in [0.15, 0.2) is 12.2 Å². The molecule has 0 unspecified atom stereocenters. The molecule has 2 heteroatoms. The van der Waals surface area contributed by atoms with Crippen LogP contribution in [0, 0.1) is 23.7 Å². The van der Waals surface area contributed by atoms with Crippen molar-refractivity contribution >= 4 is 5.97 Å². The van der Waals surface area contributed by atoms with Crippen LogP contribution >= 0.6 is 0 Å². The number of carbonyl (C=O) groups is 1. The van der Waals surface area contributed by atoms with Crippen LogP contribution in [0.2, 0.25) is 0 Å². The number of hydrogen-bond acceptors (Lipinski definition) is 2. The van der Waals surface area contributed by atoms with Gasteiger partial charge in [0.1, 0.15) is 0 Å². The molecule has 0 aromatic rings. The molecule has 2 saturated carbocycles. The second-order valence-corrected chi connectivity index (χ2v) is 7.09. The monoisotopic (exact) mass is 292 g/mol. The zero-order chi connectivity index (χ0) is 15.1. The van der Waals surface area contributed by atoms with Gasteiger partial charge in [-0.15, -0.1) is 0 Å². The molecule has 0 heterocycles. The maximum atomic E-state index is 11.5. The molecule has 0 amide bonds. The van der Waals surface area contributed by atoms with Gasteiger partial charge in [-0.2, -0.15) is 0 Å². The highest BCUT2D eigenvalue weighted by Crippen LogP contribution is 2.34. The van der Waals surface area contributed by atoms with E-state index in [0.717, 1.165) is 37.5 Å². The van der Waals surface area contributed by atoms with Gasteiger partial charge in [0, 0.05) is 0 Å². The Labute approximate surface area is 130 Å².